The van der Waals surface area contributed by atoms with Crippen molar-refractivity contribution in [3.8, 4) is 0 Å². The van der Waals surface area contributed by atoms with Gasteiger partial charge in [-0.3, -0.25) is 9.59 Å². The molecule has 3 fully saturated rings. The molecule has 0 bridgehead atoms. The van der Waals surface area contributed by atoms with Crippen LogP contribution >= 0.6 is 12.4 Å². The van der Waals surface area contributed by atoms with Gasteiger partial charge < -0.3 is 15.1 Å². The maximum absolute atomic E-state index is 12.3. The minimum absolute atomic E-state index is 0. The van der Waals surface area contributed by atoms with Crippen molar-refractivity contribution in [1.29, 1.82) is 0 Å². The van der Waals surface area contributed by atoms with Crippen LogP contribution in [-0.4, -0.2) is 60.4 Å². The summed E-state index contributed by atoms with van der Waals surface area (Å²) in [5.74, 6) is 1.20. The van der Waals surface area contributed by atoms with Crippen LogP contribution in [0.3, 0.4) is 0 Å². The van der Waals surface area contributed by atoms with Crippen LogP contribution in [0.1, 0.15) is 44.9 Å². The molecular weight excluding hydrogens is 302 g/mol. The van der Waals surface area contributed by atoms with Gasteiger partial charge in [0.25, 0.3) is 0 Å². The first kappa shape index (κ1) is 17.5. The third kappa shape index (κ3) is 4.13. The van der Waals surface area contributed by atoms with Gasteiger partial charge in [0.2, 0.25) is 11.8 Å². The van der Waals surface area contributed by atoms with E-state index >= 15 is 0 Å². The van der Waals surface area contributed by atoms with E-state index in [0.29, 0.717) is 17.7 Å². The van der Waals surface area contributed by atoms with E-state index in [1.807, 2.05) is 9.80 Å². The predicted molar refractivity (Wildman–Crippen MR) is 88.0 cm³/mol. The number of rotatable bonds is 3. The molecule has 0 aromatic heterocycles. The van der Waals surface area contributed by atoms with E-state index in [1.54, 1.807) is 0 Å². The van der Waals surface area contributed by atoms with Gasteiger partial charge in [-0.15, -0.1) is 12.4 Å². The fourth-order valence-electron chi connectivity index (χ4n) is 3.82. The molecule has 2 amide bonds. The third-order valence-corrected chi connectivity index (χ3v) is 5.18. The van der Waals surface area contributed by atoms with Crippen LogP contribution in [0.4, 0.5) is 0 Å². The lowest BCUT2D eigenvalue weighted by molar-refractivity contribution is -0.137. The molecule has 126 valence electrons. The molecule has 3 aliphatic rings. The summed E-state index contributed by atoms with van der Waals surface area (Å²) in [6.45, 7) is 4.55. The van der Waals surface area contributed by atoms with Gasteiger partial charge in [0.05, 0.1) is 6.04 Å². The average Bonchev–Trinajstić information content (AvgIpc) is 3.04. The molecule has 0 aliphatic carbocycles. The summed E-state index contributed by atoms with van der Waals surface area (Å²) in [4.78, 5) is 28.3. The summed E-state index contributed by atoms with van der Waals surface area (Å²) in [5, 5.41) is 3.29. The third-order valence-electron chi connectivity index (χ3n) is 5.18. The van der Waals surface area contributed by atoms with Crippen molar-refractivity contribution in [1.82, 2.24) is 15.1 Å². The Morgan fingerprint density at radius 3 is 2.50 bits per heavy atom. The first-order valence-corrected chi connectivity index (χ1v) is 8.54. The molecule has 6 heteroatoms. The molecule has 1 N–H and O–H groups in total. The van der Waals surface area contributed by atoms with Gasteiger partial charge in [0, 0.05) is 32.6 Å². The number of likely N-dealkylation sites (tertiary alicyclic amines) is 2. The molecule has 1 unspecified atom stereocenters. The van der Waals surface area contributed by atoms with Crippen molar-refractivity contribution in [2.24, 2.45) is 5.92 Å². The fraction of sp³-hybridized carbons (Fsp3) is 0.875. The molecule has 1 atom stereocenters. The number of nitrogens with one attached hydrogen (secondary N) is 1. The molecule has 3 heterocycles. The normalized spacial score (nSPS) is 26.9. The highest BCUT2D eigenvalue weighted by Crippen LogP contribution is 2.22. The molecule has 3 rings (SSSR count). The quantitative estimate of drug-likeness (QED) is 0.852. The van der Waals surface area contributed by atoms with Crippen LogP contribution in [0.25, 0.3) is 0 Å². The highest BCUT2D eigenvalue weighted by atomic mass is 35.5. The first-order valence-electron chi connectivity index (χ1n) is 8.54. The summed E-state index contributed by atoms with van der Waals surface area (Å²) in [6, 6.07) is 0.0604. The average molecular weight is 330 g/mol. The number of hydrogen-bond acceptors (Lipinski definition) is 3. The number of carbonyl (C=O) groups excluding carboxylic acids is 2. The van der Waals surface area contributed by atoms with Crippen molar-refractivity contribution < 1.29 is 9.59 Å². The lowest BCUT2D eigenvalue weighted by atomic mass is 9.94. The highest BCUT2D eigenvalue weighted by molar-refractivity contribution is 5.85. The van der Waals surface area contributed by atoms with Gasteiger partial charge in [-0.05, 0) is 51.0 Å². The second-order valence-corrected chi connectivity index (χ2v) is 6.71. The van der Waals surface area contributed by atoms with Crippen LogP contribution in [0.2, 0.25) is 0 Å². The monoisotopic (exact) mass is 329 g/mol. The van der Waals surface area contributed by atoms with Gasteiger partial charge in [0.15, 0.2) is 0 Å². The Morgan fingerprint density at radius 2 is 1.86 bits per heavy atom. The van der Waals surface area contributed by atoms with Gasteiger partial charge >= 0.3 is 0 Å². The Morgan fingerprint density at radius 1 is 1.09 bits per heavy atom. The van der Waals surface area contributed by atoms with Crippen LogP contribution in [0.15, 0.2) is 0 Å². The van der Waals surface area contributed by atoms with E-state index in [4.69, 9.17) is 0 Å². The Labute approximate surface area is 139 Å². The lowest BCUT2D eigenvalue weighted by Gasteiger charge is -2.37. The molecule has 3 saturated heterocycles. The Hall–Kier alpha value is -0.810. The van der Waals surface area contributed by atoms with Gasteiger partial charge in [0.1, 0.15) is 0 Å². The summed E-state index contributed by atoms with van der Waals surface area (Å²) in [5.41, 5.74) is 0. The SMILES string of the molecule is Cl.O=C1CCCCN1CC1CCN(C(=O)C2CCCN2)CC1. The molecule has 0 saturated carbocycles. The summed E-state index contributed by atoms with van der Waals surface area (Å²) in [6.07, 6.45) is 7.12. The predicted octanol–water partition coefficient (Wildman–Crippen LogP) is 1.41. The highest BCUT2D eigenvalue weighted by Gasteiger charge is 2.31. The maximum Gasteiger partial charge on any atom is 0.239 e. The molecule has 22 heavy (non-hydrogen) atoms. The van der Waals surface area contributed by atoms with E-state index in [-0.39, 0.29) is 18.4 Å². The molecule has 0 radical (unpaired) electrons. The second-order valence-electron chi connectivity index (χ2n) is 6.71. The summed E-state index contributed by atoms with van der Waals surface area (Å²) >= 11 is 0. The van der Waals surface area contributed by atoms with E-state index in [9.17, 15) is 9.59 Å². The van der Waals surface area contributed by atoms with Crippen molar-refractivity contribution in [3.63, 3.8) is 0 Å². The van der Waals surface area contributed by atoms with Crippen molar-refractivity contribution in [2.45, 2.75) is 51.0 Å². The zero-order chi connectivity index (χ0) is 14.7. The molecule has 5 nitrogen and oxygen atoms in total. The Bertz CT molecular complexity index is 391. The smallest absolute Gasteiger partial charge is 0.239 e. The topological polar surface area (TPSA) is 52.7 Å². The maximum atomic E-state index is 12.3. The molecule has 0 spiro atoms. The standard InChI is InChI=1S/C16H27N3O2.ClH/c20-15-5-1-2-9-19(15)12-13-6-10-18(11-7-13)16(21)14-4-3-8-17-14;/h13-14,17H,1-12H2;1H. The van der Waals surface area contributed by atoms with E-state index in [2.05, 4.69) is 5.32 Å². The van der Waals surface area contributed by atoms with E-state index in [0.717, 1.165) is 77.7 Å². The van der Waals surface area contributed by atoms with Gasteiger partial charge in [-0.1, -0.05) is 0 Å². The molecule has 0 aromatic rings. The molecule has 0 aromatic carbocycles. The number of hydrogen-bond donors (Lipinski definition) is 1. The molecular formula is C16H28ClN3O2. The largest absolute Gasteiger partial charge is 0.342 e. The zero-order valence-corrected chi connectivity index (χ0v) is 14.1. The van der Waals surface area contributed by atoms with E-state index in [1.165, 1.54) is 0 Å². The van der Waals surface area contributed by atoms with Crippen LogP contribution in [0, 0.1) is 5.92 Å². The number of amides is 2. The second kappa shape index (κ2) is 8.16. The lowest BCUT2D eigenvalue weighted by Crippen LogP contribution is -2.48. The Kier molecular flexibility index (Phi) is 6.50. The Balaban J connectivity index is 0.00000176. The summed E-state index contributed by atoms with van der Waals surface area (Å²) in [7, 11) is 0. The van der Waals surface area contributed by atoms with Crippen molar-refractivity contribution in [2.75, 3.05) is 32.7 Å². The fourth-order valence-corrected chi connectivity index (χ4v) is 3.82. The van der Waals surface area contributed by atoms with Crippen molar-refractivity contribution in [3.05, 3.63) is 0 Å². The van der Waals surface area contributed by atoms with E-state index < -0.39 is 0 Å². The number of piperidine rings is 2. The van der Waals surface area contributed by atoms with Crippen molar-refractivity contribution >= 4 is 24.2 Å². The van der Waals surface area contributed by atoms with Crippen LogP contribution in [-0.2, 0) is 9.59 Å². The minimum Gasteiger partial charge on any atom is -0.342 e. The van der Waals surface area contributed by atoms with Crippen LogP contribution in [0.5, 0.6) is 0 Å². The molecule has 3 aliphatic heterocycles. The number of halogens is 1. The first-order chi connectivity index (χ1) is 10.2. The van der Waals surface area contributed by atoms with Gasteiger partial charge in [-0.25, -0.2) is 0 Å². The number of nitrogens with zero attached hydrogens (tertiary/aromatic N) is 2. The van der Waals surface area contributed by atoms with Crippen LogP contribution < -0.4 is 5.32 Å². The number of carbonyl (C=O) groups is 2. The zero-order valence-electron chi connectivity index (χ0n) is 13.3. The minimum atomic E-state index is 0. The van der Waals surface area contributed by atoms with Gasteiger partial charge in [-0.2, -0.15) is 0 Å². The summed E-state index contributed by atoms with van der Waals surface area (Å²) < 4.78 is 0.